The van der Waals surface area contributed by atoms with Gasteiger partial charge in [-0.3, -0.25) is 0 Å². The summed E-state index contributed by atoms with van der Waals surface area (Å²) in [5, 5.41) is 0.553. The lowest BCUT2D eigenvalue weighted by molar-refractivity contribution is 0.0472. The highest BCUT2D eigenvalue weighted by Gasteiger charge is 2.27. The van der Waals surface area contributed by atoms with E-state index in [0.29, 0.717) is 31.3 Å². The van der Waals surface area contributed by atoms with Gasteiger partial charge >= 0.3 is 5.97 Å². The zero-order chi connectivity index (χ0) is 18.6. The first-order valence-corrected chi connectivity index (χ1v) is 9.88. The van der Waals surface area contributed by atoms with Crippen molar-refractivity contribution in [2.45, 2.75) is 11.5 Å². The zero-order valence-electron chi connectivity index (χ0n) is 13.9. The van der Waals surface area contributed by atoms with Crippen molar-refractivity contribution in [3.05, 3.63) is 64.7 Å². The van der Waals surface area contributed by atoms with Crippen molar-refractivity contribution in [2.75, 3.05) is 26.3 Å². The smallest absolute Gasteiger partial charge is 0.338 e. The van der Waals surface area contributed by atoms with Crippen LogP contribution in [0.5, 0.6) is 0 Å². The number of benzene rings is 2. The highest BCUT2D eigenvalue weighted by molar-refractivity contribution is 7.89. The molecule has 1 aliphatic rings. The van der Waals surface area contributed by atoms with E-state index >= 15 is 0 Å². The first-order chi connectivity index (χ1) is 12.5. The van der Waals surface area contributed by atoms with Crippen LogP contribution >= 0.6 is 11.6 Å². The van der Waals surface area contributed by atoms with E-state index in [1.165, 1.54) is 28.6 Å². The van der Waals surface area contributed by atoms with Gasteiger partial charge in [-0.25, -0.2) is 13.2 Å². The molecule has 0 amide bonds. The maximum absolute atomic E-state index is 12.7. The van der Waals surface area contributed by atoms with Crippen molar-refractivity contribution in [1.82, 2.24) is 4.31 Å². The molecule has 0 N–H and O–H groups in total. The first kappa shape index (κ1) is 18.8. The summed E-state index contributed by atoms with van der Waals surface area (Å²) in [5.74, 6) is -0.594. The SMILES string of the molecule is O=C(OCc1cccc(Cl)c1)c1cccc(S(=O)(=O)N2CCOCC2)c1. The summed E-state index contributed by atoms with van der Waals surface area (Å²) in [6.45, 7) is 1.37. The average molecular weight is 396 g/mol. The molecule has 8 heteroatoms. The summed E-state index contributed by atoms with van der Waals surface area (Å²) in [6.07, 6.45) is 0. The van der Waals surface area contributed by atoms with Crippen LogP contribution in [0.15, 0.2) is 53.4 Å². The molecule has 1 aliphatic heterocycles. The number of carbonyl (C=O) groups is 1. The van der Waals surface area contributed by atoms with Crippen molar-refractivity contribution >= 4 is 27.6 Å². The predicted molar refractivity (Wildman–Crippen MR) is 96.6 cm³/mol. The van der Waals surface area contributed by atoms with Crippen LogP contribution in [0.2, 0.25) is 5.02 Å². The van der Waals surface area contributed by atoms with E-state index in [2.05, 4.69) is 0 Å². The number of sulfonamides is 1. The minimum atomic E-state index is -3.66. The van der Waals surface area contributed by atoms with E-state index < -0.39 is 16.0 Å². The van der Waals surface area contributed by atoms with Crippen LogP contribution < -0.4 is 0 Å². The fourth-order valence-corrected chi connectivity index (χ4v) is 4.25. The number of morpholine rings is 1. The third kappa shape index (κ3) is 4.42. The van der Waals surface area contributed by atoms with Gasteiger partial charge in [0.2, 0.25) is 10.0 Å². The van der Waals surface area contributed by atoms with E-state index in [9.17, 15) is 13.2 Å². The van der Waals surface area contributed by atoms with Gasteiger partial charge in [-0.1, -0.05) is 29.8 Å². The molecular weight excluding hydrogens is 378 g/mol. The molecule has 0 saturated carbocycles. The van der Waals surface area contributed by atoms with Crippen LogP contribution in [0.25, 0.3) is 0 Å². The first-order valence-electron chi connectivity index (χ1n) is 8.06. The van der Waals surface area contributed by atoms with E-state index in [-0.39, 0.29) is 17.1 Å². The van der Waals surface area contributed by atoms with Gasteiger partial charge in [-0.2, -0.15) is 4.31 Å². The van der Waals surface area contributed by atoms with Crippen molar-refractivity contribution in [1.29, 1.82) is 0 Å². The zero-order valence-corrected chi connectivity index (χ0v) is 15.5. The van der Waals surface area contributed by atoms with Gasteiger partial charge in [0.25, 0.3) is 0 Å². The largest absolute Gasteiger partial charge is 0.457 e. The molecule has 0 unspecified atom stereocenters. The molecule has 1 saturated heterocycles. The molecule has 0 atom stereocenters. The predicted octanol–water partition coefficient (Wildman–Crippen LogP) is 2.72. The molecule has 6 nitrogen and oxygen atoms in total. The average Bonchev–Trinajstić information content (AvgIpc) is 2.67. The van der Waals surface area contributed by atoms with Crippen LogP contribution in [0.4, 0.5) is 0 Å². The number of hydrogen-bond acceptors (Lipinski definition) is 5. The Kier molecular flexibility index (Phi) is 5.93. The number of hydrogen-bond donors (Lipinski definition) is 0. The normalized spacial score (nSPS) is 15.6. The third-order valence-corrected chi connectivity index (χ3v) is 6.07. The van der Waals surface area contributed by atoms with Gasteiger partial charge in [0.15, 0.2) is 0 Å². The van der Waals surface area contributed by atoms with Gasteiger partial charge in [-0.05, 0) is 35.9 Å². The van der Waals surface area contributed by atoms with Gasteiger partial charge in [0.1, 0.15) is 6.61 Å². The molecule has 0 aromatic heterocycles. The molecule has 0 radical (unpaired) electrons. The van der Waals surface area contributed by atoms with Crippen LogP contribution in [0.1, 0.15) is 15.9 Å². The lowest BCUT2D eigenvalue weighted by atomic mass is 10.2. The monoisotopic (exact) mass is 395 g/mol. The molecule has 0 bridgehead atoms. The van der Waals surface area contributed by atoms with Gasteiger partial charge < -0.3 is 9.47 Å². The summed E-state index contributed by atoms with van der Waals surface area (Å²) in [4.78, 5) is 12.3. The number of nitrogens with zero attached hydrogens (tertiary/aromatic N) is 1. The molecule has 0 spiro atoms. The molecule has 0 aliphatic carbocycles. The Balaban J connectivity index is 1.73. The number of rotatable bonds is 5. The topological polar surface area (TPSA) is 72.9 Å². The number of carbonyl (C=O) groups excluding carboxylic acids is 1. The quantitative estimate of drug-likeness (QED) is 0.728. The second kappa shape index (κ2) is 8.18. The van der Waals surface area contributed by atoms with Crippen molar-refractivity contribution in [3.63, 3.8) is 0 Å². The second-order valence-electron chi connectivity index (χ2n) is 5.75. The standard InChI is InChI=1S/C18H18ClNO5S/c19-16-5-1-3-14(11-16)13-25-18(21)15-4-2-6-17(12-15)26(22,23)20-7-9-24-10-8-20/h1-6,11-12H,7-10,13H2. The van der Waals surface area contributed by atoms with E-state index in [1.807, 2.05) is 0 Å². The molecule has 2 aromatic carbocycles. The van der Waals surface area contributed by atoms with E-state index in [4.69, 9.17) is 21.1 Å². The summed E-state index contributed by atoms with van der Waals surface area (Å²) >= 11 is 5.90. The Morgan fingerprint density at radius 2 is 1.85 bits per heavy atom. The maximum atomic E-state index is 12.7. The van der Waals surface area contributed by atoms with E-state index in [1.54, 1.807) is 24.3 Å². The molecule has 1 fully saturated rings. The van der Waals surface area contributed by atoms with Crippen LogP contribution in [0.3, 0.4) is 0 Å². The van der Waals surface area contributed by atoms with Gasteiger partial charge in [0, 0.05) is 18.1 Å². The molecule has 138 valence electrons. The lowest BCUT2D eigenvalue weighted by Crippen LogP contribution is -2.40. The Hall–Kier alpha value is -1.93. The molecule has 1 heterocycles. The van der Waals surface area contributed by atoms with Crippen LogP contribution in [0, 0.1) is 0 Å². The summed E-state index contributed by atoms with van der Waals surface area (Å²) in [6, 6.07) is 12.9. The third-order valence-electron chi connectivity index (χ3n) is 3.94. The highest BCUT2D eigenvalue weighted by atomic mass is 35.5. The number of esters is 1. The minimum absolute atomic E-state index is 0.0554. The maximum Gasteiger partial charge on any atom is 0.338 e. The Labute approximate surface area is 157 Å². The summed E-state index contributed by atoms with van der Waals surface area (Å²) in [7, 11) is -3.66. The Morgan fingerprint density at radius 1 is 1.12 bits per heavy atom. The van der Waals surface area contributed by atoms with Gasteiger partial charge in [-0.15, -0.1) is 0 Å². The minimum Gasteiger partial charge on any atom is -0.457 e. The number of halogens is 1. The second-order valence-corrected chi connectivity index (χ2v) is 8.12. The van der Waals surface area contributed by atoms with E-state index in [0.717, 1.165) is 5.56 Å². The van der Waals surface area contributed by atoms with Crippen LogP contribution in [-0.2, 0) is 26.1 Å². The highest BCUT2D eigenvalue weighted by Crippen LogP contribution is 2.19. The molecule has 2 aromatic rings. The lowest BCUT2D eigenvalue weighted by Gasteiger charge is -2.26. The fourth-order valence-electron chi connectivity index (χ4n) is 2.58. The molecular formula is C18H18ClNO5S. The van der Waals surface area contributed by atoms with Crippen molar-refractivity contribution in [3.8, 4) is 0 Å². The number of ether oxygens (including phenoxy) is 2. The fraction of sp³-hybridized carbons (Fsp3) is 0.278. The Morgan fingerprint density at radius 3 is 2.58 bits per heavy atom. The molecule has 3 rings (SSSR count). The molecule has 26 heavy (non-hydrogen) atoms. The van der Waals surface area contributed by atoms with Gasteiger partial charge in [0.05, 0.1) is 23.7 Å². The Bertz CT molecular complexity index is 894. The van der Waals surface area contributed by atoms with Crippen molar-refractivity contribution in [2.24, 2.45) is 0 Å². The van der Waals surface area contributed by atoms with Crippen molar-refractivity contribution < 1.29 is 22.7 Å². The van der Waals surface area contributed by atoms with Crippen LogP contribution in [-0.4, -0.2) is 45.0 Å². The summed E-state index contributed by atoms with van der Waals surface area (Å²) in [5.41, 5.74) is 0.935. The summed E-state index contributed by atoms with van der Waals surface area (Å²) < 4.78 is 37.2.